The first-order chi connectivity index (χ1) is 7.68. The van der Waals surface area contributed by atoms with E-state index in [9.17, 15) is 9.18 Å². The molecule has 0 aromatic heterocycles. The normalized spacial score (nSPS) is 16.9. The largest absolute Gasteiger partial charge is 0.350 e. The van der Waals surface area contributed by atoms with Crippen molar-refractivity contribution in [2.45, 2.75) is 11.3 Å². The summed E-state index contributed by atoms with van der Waals surface area (Å²) in [5, 5.41) is 3.88. The highest BCUT2D eigenvalue weighted by Crippen LogP contribution is 2.32. The lowest BCUT2D eigenvalue weighted by Gasteiger charge is -2.17. The van der Waals surface area contributed by atoms with Crippen LogP contribution in [0.15, 0.2) is 28.2 Å². The molecule has 0 unspecified atom stereocenters. The Morgan fingerprint density at radius 3 is 3.12 bits per heavy atom. The number of hydrogen-bond acceptors (Lipinski definition) is 3. The summed E-state index contributed by atoms with van der Waals surface area (Å²) in [6.07, 6.45) is 0.682. The van der Waals surface area contributed by atoms with E-state index in [1.54, 1.807) is 12.1 Å². The summed E-state index contributed by atoms with van der Waals surface area (Å²) in [5.74, 6) is 0.488. The first kappa shape index (κ1) is 10.9. The standard InChI is InChI=1S/C10H10FN3OS/c11-7-3-1-2-6-8(13-14-10(12)15)4-5-16-9(6)7/h1-3H,4-5H2,(H3,12,14,15). The Hall–Kier alpha value is -1.56. The topological polar surface area (TPSA) is 67.5 Å². The Morgan fingerprint density at radius 1 is 1.56 bits per heavy atom. The number of hydrogen-bond donors (Lipinski definition) is 2. The van der Waals surface area contributed by atoms with Crippen LogP contribution in [-0.2, 0) is 0 Å². The zero-order valence-corrected chi connectivity index (χ0v) is 9.18. The molecule has 2 amide bonds. The maximum atomic E-state index is 13.5. The summed E-state index contributed by atoms with van der Waals surface area (Å²) >= 11 is 1.45. The third kappa shape index (κ3) is 2.16. The maximum absolute atomic E-state index is 13.5. The van der Waals surface area contributed by atoms with Gasteiger partial charge < -0.3 is 5.73 Å². The minimum atomic E-state index is -0.719. The van der Waals surface area contributed by atoms with E-state index in [1.807, 2.05) is 0 Å². The fraction of sp³-hybridized carbons (Fsp3) is 0.200. The summed E-state index contributed by atoms with van der Waals surface area (Å²) in [6, 6.07) is 4.10. The summed E-state index contributed by atoms with van der Waals surface area (Å²) in [5.41, 5.74) is 8.48. The first-order valence-corrected chi connectivity index (χ1v) is 5.70. The second-order valence-corrected chi connectivity index (χ2v) is 4.35. The van der Waals surface area contributed by atoms with Gasteiger partial charge >= 0.3 is 6.03 Å². The van der Waals surface area contributed by atoms with Crippen molar-refractivity contribution in [3.8, 4) is 0 Å². The highest BCUT2D eigenvalue weighted by Gasteiger charge is 2.19. The Morgan fingerprint density at radius 2 is 2.38 bits per heavy atom. The maximum Gasteiger partial charge on any atom is 0.332 e. The van der Waals surface area contributed by atoms with Crippen LogP contribution in [-0.4, -0.2) is 17.5 Å². The van der Waals surface area contributed by atoms with Crippen LogP contribution in [0.1, 0.15) is 12.0 Å². The van der Waals surface area contributed by atoms with E-state index in [-0.39, 0.29) is 5.82 Å². The zero-order chi connectivity index (χ0) is 11.5. The van der Waals surface area contributed by atoms with Crippen LogP contribution in [0.3, 0.4) is 0 Å². The minimum Gasteiger partial charge on any atom is -0.350 e. The number of rotatable bonds is 1. The number of carbonyl (C=O) groups excluding carboxylic acids is 1. The quantitative estimate of drug-likeness (QED) is 0.732. The molecule has 84 valence electrons. The van der Waals surface area contributed by atoms with E-state index in [2.05, 4.69) is 10.5 Å². The number of thioether (sulfide) groups is 1. The third-order valence-electron chi connectivity index (χ3n) is 2.16. The molecule has 16 heavy (non-hydrogen) atoms. The van der Waals surface area contributed by atoms with Gasteiger partial charge in [-0.15, -0.1) is 11.8 Å². The SMILES string of the molecule is NC(=O)NN=C1CCSc2c(F)cccc21. The van der Waals surface area contributed by atoms with Gasteiger partial charge in [0, 0.05) is 17.7 Å². The molecule has 2 rings (SSSR count). The van der Waals surface area contributed by atoms with E-state index in [0.717, 1.165) is 11.3 Å². The van der Waals surface area contributed by atoms with Gasteiger partial charge in [0.25, 0.3) is 0 Å². The van der Waals surface area contributed by atoms with Crippen LogP contribution < -0.4 is 11.2 Å². The third-order valence-corrected chi connectivity index (χ3v) is 3.28. The molecule has 6 heteroatoms. The first-order valence-electron chi connectivity index (χ1n) is 4.72. The van der Waals surface area contributed by atoms with Crippen molar-refractivity contribution < 1.29 is 9.18 Å². The van der Waals surface area contributed by atoms with Crippen molar-refractivity contribution in [3.05, 3.63) is 29.6 Å². The molecule has 0 saturated heterocycles. The second-order valence-electron chi connectivity index (χ2n) is 3.25. The average Bonchev–Trinajstić information content (AvgIpc) is 2.27. The summed E-state index contributed by atoms with van der Waals surface area (Å²) in [4.78, 5) is 11.1. The van der Waals surface area contributed by atoms with Gasteiger partial charge in [0.05, 0.1) is 10.6 Å². The van der Waals surface area contributed by atoms with Crippen LogP contribution in [0.5, 0.6) is 0 Å². The van der Waals surface area contributed by atoms with Crippen LogP contribution in [0.4, 0.5) is 9.18 Å². The fourth-order valence-corrected chi connectivity index (χ4v) is 2.55. The van der Waals surface area contributed by atoms with E-state index >= 15 is 0 Å². The molecule has 1 aliphatic heterocycles. The molecule has 0 atom stereocenters. The number of urea groups is 1. The number of hydrazone groups is 1. The molecule has 4 nitrogen and oxygen atoms in total. The highest BCUT2D eigenvalue weighted by atomic mass is 32.2. The Bertz CT molecular complexity index is 461. The van der Waals surface area contributed by atoms with Gasteiger partial charge in [0.15, 0.2) is 0 Å². The number of benzene rings is 1. The van der Waals surface area contributed by atoms with Crippen molar-refractivity contribution in [2.24, 2.45) is 10.8 Å². The molecular weight excluding hydrogens is 229 g/mol. The predicted molar refractivity (Wildman–Crippen MR) is 61.0 cm³/mol. The molecule has 0 spiro atoms. The zero-order valence-electron chi connectivity index (χ0n) is 8.37. The van der Waals surface area contributed by atoms with Crippen molar-refractivity contribution in [1.82, 2.24) is 5.43 Å². The molecule has 0 fully saturated rings. The number of carbonyl (C=O) groups is 1. The van der Waals surface area contributed by atoms with E-state index in [1.165, 1.54) is 17.8 Å². The number of primary amides is 1. The summed E-state index contributed by atoms with van der Waals surface area (Å²) in [6.45, 7) is 0. The van der Waals surface area contributed by atoms with E-state index in [0.29, 0.717) is 17.0 Å². The lowest BCUT2D eigenvalue weighted by molar-refractivity contribution is 0.249. The number of nitrogens with one attached hydrogen (secondary N) is 1. The fourth-order valence-electron chi connectivity index (χ4n) is 1.51. The number of nitrogens with two attached hydrogens (primary N) is 1. The second kappa shape index (κ2) is 4.52. The lowest BCUT2D eigenvalue weighted by atomic mass is 10.1. The smallest absolute Gasteiger partial charge is 0.332 e. The lowest BCUT2D eigenvalue weighted by Crippen LogP contribution is -2.26. The van der Waals surface area contributed by atoms with Gasteiger partial charge in [-0.1, -0.05) is 12.1 Å². The number of amides is 2. The molecule has 0 radical (unpaired) electrons. The Labute approximate surface area is 96.1 Å². The van der Waals surface area contributed by atoms with Gasteiger partial charge in [-0.3, -0.25) is 0 Å². The molecule has 0 saturated carbocycles. The highest BCUT2D eigenvalue weighted by molar-refractivity contribution is 7.99. The van der Waals surface area contributed by atoms with Crippen LogP contribution in [0, 0.1) is 5.82 Å². The van der Waals surface area contributed by atoms with Crippen LogP contribution in [0.2, 0.25) is 0 Å². The van der Waals surface area contributed by atoms with Gasteiger partial charge in [-0.05, 0) is 6.07 Å². The van der Waals surface area contributed by atoms with Gasteiger partial charge in [0.1, 0.15) is 5.82 Å². The molecule has 0 aliphatic carbocycles. The number of nitrogens with zero attached hydrogens (tertiary/aromatic N) is 1. The van der Waals surface area contributed by atoms with Crippen molar-refractivity contribution in [2.75, 3.05) is 5.75 Å². The average molecular weight is 239 g/mol. The van der Waals surface area contributed by atoms with Crippen molar-refractivity contribution >= 4 is 23.5 Å². The molecule has 0 bridgehead atoms. The van der Waals surface area contributed by atoms with Crippen molar-refractivity contribution in [1.29, 1.82) is 0 Å². The summed E-state index contributed by atoms with van der Waals surface area (Å²) in [7, 11) is 0. The molecule has 1 aromatic carbocycles. The molecular formula is C10H10FN3OS. The van der Waals surface area contributed by atoms with Crippen molar-refractivity contribution in [3.63, 3.8) is 0 Å². The molecule has 3 N–H and O–H groups in total. The summed E-state index contributed by atoms with van der Waals surface area (Å²) < 4.78 is 13.5. The monoisotopic (exact) mass is 239 g/mol. The van der Waals surface area contributed by atoms with E-state index in [4.69, 9.17) is 5.73 Å². The number of fused-ring (bicyclic) bond motifs is 1. The predicted octanol–water partition coefficient (Wildman–Crippen LogP) is 1.69. The Kier molecular flexibility index (Phi) is 3.09. The van der Waals surface area contributed by atoms with E-state index < -0.39 is 6.03 Å². The van der Waals surface area contributed by atoms with Gasteiger partial charge in [0.2, 0.25) is 0 Å². The Balaban J connectivity index is 2.37. The number of halogens is 1. The van der Waals surface area contributed by atoms with Crippen LogP contribution in [0.25, 0.3) is 0 Å². The van der Waals surface area contributed by atoms with Gasteiger partial charge in [-0.25, -0.2) is 14.6 Å². The van der Waals surface area contributed by atoms with Gasteiger partial charge in [-0.2, -0.15) is 5.10 Å². The minimum absolute atomic E-state index is 0.256. The van der Waals surface area contributed by atoms with Crippen LogP contribution >= 0.6 is 11.8 Å². The molecule has 1 heterocycles. The molecule has 1 aromatic rings. The molecule has 1 aliphatic rings.